The Kier molecular flexibility index (Phi) is 3.26. The number of hydrogen-bond donors (Lipinski definition) is 1. The van der Waals surface area contributed by atoms with E-state index < -0.39 is 0 Å². The minimum absolute atomic E-state index is 0.0345. The quantitative estimate of drug-likeness (QED) is 0.676. The van der Waals surface area contributed by atoms with Crippen LogP contribution in [0, 0.1) is 11.8 Å². The van der Waals surface area contributed by atoms with Crippen LogP contribution < -0.4 is 5.32 Å². The number of nitrogens with zero attached hydrogens (tertiary/aromatic N) is 2. The summed E-state index contributed by atoms with van der Waals surface area (Å²) in [6.07, 6.45) is 2.25. The van der Waals surface area contributed by atoms with E-state index >= 15 is 0 Å². The third-order valence-corrected chi connectivity index (χ3v) is 4.36. The van der Waals surface area contributed by atoms with Crippen molar-refractivity contribution in [3.63, 3.8) is 0 Å². The van der Waals surface area contributed by atoms with Crippen LogP contribution in [0.15, 0.2) is 0 Å². The van der Waals surface area contributed by atoms with Gasteiger partial charge in [-0.25, -0.2) is 0 Å². The standard InChI is InChI=1S/C13H19N3O3/c17-11-3-1-4-15(11)5-2-6-16-12(18)9-7-14-8-10(9)13(16)19/h9-10,14H,1-8H2/t9-,10+. The molecule has 104 valence electrons. The Hall–Kier alpha value is -1.43. The van der Waals surface area contributed by atoms with Gasteiger partial charge in [0.1, 0.15) is 0 Å². The average molecular weight is 265 g/mol. The second kappa shape index (κ2) is 4.92. The molecule has 6 heteroatoms. The lowest BCUT2D eigenvalue weighted by atomic mass is 10.00. The molecular formula is C13H19N3O3. The van der Waals surface area contributed by atoms with Crippen molar-refractivity contribution >= 4 is 17.7 Å². The molecule has 6 nitrogen and oxygen atoms in total. The third kappa shape index (κ3) is 2.14. The van der Waals surface area contributed by atoms with Crippen LogP contribution >= 0.6 is 0 Å². The number of rotatable bonds is 4. The van der Waals surface area contributed by atoms with Gasteiger partial charge in [-0.15, -0.1) is 0 Å². The Labute approximate surface area is 112 Å². The molecule has 0 radical (unpaired) electrons. The third-order valence-electron chi connectivity index (χ3n) is 4.36. The zero-order valence-electron chi connectivity index (χ0n) is 10.9. The van der Waals surface area contributed by atoms with E-state index in [1.165, 1.54) is 4.90 Å². The SMILES string of the molecule is O=C1CCCN1CCCN1C(=O)[C@H]2CNC[C@H]2C1=O. The van der Waals surface area contributed by atoms with Crippen molar-refractivity contribution in [3.8, 4) is 0 Å². The molecular weight excluding hydrogens is 246 g/mol. The van der Waals surface area contributed by atoms with E-state index in [1.54, 1.807) is 0 Å². The van der Waals surface area contributed by atoms with Crippen molar-refractivity contribution in [2.45, 2.75) is 19.3 Å². The first-order valence-corrected chi connectivity index (χ1v) is 7.02. The summed E-state index contributed by atoms with van der Waals surface area (Å²) in [6, 6.07) is 0. The van der Waals surface area contributed by atoms with Crippen molar-refractivity contribution in [1.29, 1.82) is 0 Å². The Morgan fingerprint density at radius 1 is 1.05 bits per heavy atom. The van der Waals surface area contributed by atoms with E-state index in [0.29, 0.717) is 39.0 Å². The first-order chi connectivity index (χ1) is 9.18. The molecule has 1 N–H and O–H groups in total. The fourth-order valence-electron chi connectivity index (χ4n) is 3.29. The van der Waals surface area contributed by atoms with Crippen LogP contribution in [-0.2, 0) is 14.4 Å². The summed E-state index contributed by atoms with van der Waals surface area (Å²) < 4.78 is 0. The minimum Gasteiger partial charge on any atom is -0.343 e. The lowest BCUT2D eigenvalue weighted by molar-refractivity contribution is -0.140. The van der Waals surface area contributed by atoms with E-state index in [1.807, 2.05) is 4.90 Å². The van der Waals surface area contributed by atoms with Crippen LogP contribution in [0.4, 0.5) is 0 Å². The number of hydrogen-bond acceptors (Lipinski definition) is 4. The zero-order valence-corrected chi connectivity index (χ0v) is 10.9. The number of fused-ring (bicyclic) bond motifs is 1. The number of likely N-dealkylation sites (tertiary alicyclic amines) is 2. The monoisotopic (exact) mass is 265 g/mol. The molecule has 3 aliphatic heterocycles. The van der Waals surface area contributed by atoms with Gasteiger partial charge in [-0.3, -0.25) is 19.3 Å². The van der Waals surface area contributed by atoms with E-state index in [9.17, 15) is 14.4 Å². The molecule has 2 atom stereocenters. The molecule has 0 spiro atoms. The van der Waals surface area contributed by atoms with Crippen molar-refractivity contribution in [1.82, 2.24) is 15.1 Å². The summed E-state index contributed by atoms with van der Waals surface area (Å²) in [6.45, 7) is 3.17. The highest BCUT2D eigenvalue weighted by molar-refractivity contribution is 6.05. The van der Waals surface area contributed by atoms with Gasteiger partial charge in [-0.05, 0) is 12.8 Å². The molecule has 3 amide bonds. The van der Waals surface area contributed by atoms with Gasteiger partial charge in [0.25, 0.3) is 0 Å². The fourth-order valence-corrected chi connectivity index (χ4v) is 3.29. The Morgan fingerprint density at radius 3 is 2.32 bits per heavy atom. The molecule has 19 heavy (non-hydrogen) atoms. The molecule has 0 unspecified atom stereocenters. The topological polar surface area (TPSA) is 69.7 Å². The molecule has 3 heterocycles. The Balaban J connectivity index is 1.51. The highest BCUT2D eigenvalue weighted by Crippen LogP contribution is 2.29. The molecule has 0 aromatic rings. The number of nitrogens with one attached hydrogen (secondary N) is 1. The minimum atomic E-state index is -0.152. The fraction of sp³-hybridized carbons (Fsp3) is 0.769. The predicted octanol–water partition coefficient (Wildman–Crippen LogP) is -0.797. The van der Waals surface area contributed by atoms with Gasteiger partial charge < -0.3 is 10.2 Å². The van der Waals surface area contributed by atoms with E-state index in [4.69, 9.17) is 0 Å². The summed E-state index contributed by atoms with van der Waals surface area (Å²) in [7, 11) is 0. The van der Waals surface area contributed by atoms with Crippen molar-refractivity contribution in [2.24, 2.45) is 11.8 Å². The lowest BCUT2D eigenvalue weighted by Crippen LogP contribution is -2.37. The molecule has 0 aliphatic carbocycles. The van der Waals surface area contributed by atoms with Crippen LogP contribution in [0.3, 0.4) is 0 Å². The van der Waals surface area contributed by atoms with Crippen LogP contribution in [0.1, 0.15) is 19.3 Å². The number of imide groups is 1. The molecule has 0 aromatic carbocycles. The first kappa shape index (κ1) is 12.6. The second-order valence-electron chi connectivity index (χ2n) is 5.54. The van der Waals surface area contributed by atoms with E-state index in [0.717, 1.165) is 13.0 Å². The van der Waals surface area contributed by atoms with Crippen molar-refractivity contribution in [3.05, 3.63) is 0 Å². The average Bonchev–Trinajstić information content (AvgIpc) is 3.06. The van der Waals surface area contributed by atoms with Gasteiger partial charge in [0.2, 0.25) is 17.7 Å². The van der Waals surface area contributed by atoms with Crippen LogP contribution in [0.25, 0.3) is 0 Å². The van der Waals surface area contributed by atoms with Crippen LogP contribution in [0.5, 0.6) is 0 Å². The van der Waals surface area contributed by atoms with Gasteiger partial charge in [0.05, 0.1) is 11.8 Å². The Bertz CT molecular complexity index is 401. The van der Waals surface area contributed by atoms with Crippen molar-refractivity contribution in [2.75, 3.05) is 32.7 Å². The van der Waals surface area contributed by atoms with Gasteiger partial charge in [-0.1, -0.05) is 0 Å². The van der Waals surface area contributed by atoms with Crippen LogP contribution in [0.2, 0.25) is 0 Å². The largest absolute Gasteiger partial charge is 0.343 e. The molecule has 3 rings (SSSR count). The predicted molar refractivity (Wildman–Crippen MR) is 67.0 cm³/mol. The second-order valence-corrected chi connectivity index (χ2v) is 5.54. The van der Waals surface area contributed by atoms with Crippen molar-refractivity contribution < 1.29 is 14.4 Å². The number of amides is 3. The first-order valence-electron chi connectivity index (χ1n) is 7.02. The summed E-state index contributed by atoms with van der Waals surface area (Å²) in [5, 5.41) is 3.09. The smallest absolute Gasteiger partial charge is 0.234 e. The van der Waals surface area contributed by atoms with Crippen LogP contribution in [-0.4, -0.2) is 60.2 Å². The Morgan fingerprint density at radius 2 is 1.74 bits per heavy atom. The van der Waals surface area contributed by atoms with Gasteiger partial charge >= 0.3 is 0 Å². The number of carbonyl (C=O) groups excluding carboxylic acids is 3. The number of carbonyl (C=O) groups is 3. The summed E-state index contributed by atoms with van der Waals surface area (Å²) in [5.74, 6) is -0.178. The molecule has 3 aliphatic rings. The molecule has 3 fully saturated rings. The zero-order chi connectivity index (χ0) is 13.4. The maximum atomic E-state index is 12.1. The molecule has 0 aromatic heterocycles. The normalized spacial score (nSPS) is 30.6. The van der Waals surface area contributed by atoms with Gasteiger partial charge in [-0.2, -0.15) is 0 Å². The highest BCUT2D eigenvalue weighted by atomic mass is 16.2. The van der Waals surface area contributed by atoms with Gasteiger partial charge in [0.15, 0.2) is 0 Å². The lowest BCUT2D eigenvalue weighted by Gasteiger charge is -2.19. The summed E-state index contributed by atoms with van der Waals surface area (Å²) in [5.41, 5.74) is 0. The molecule has 0 saturated carbocycles. The highest BCUT2D eigenvalue weighted by Gasteiger charge is 2.49. The van der Waals surface area contributed by atoms with E-state index in [-0.39, 0.29) is 29.6 Å². The maximum absolute atomic E-state index is 12.1. The molecule has 3 saturated heterocycles. The molecule has 0 bridgehead atoms. The van der Waals surface area contributed by atoms with E-state index in [2.05, 4.69) is 5.32 Å². The maximum Gasteiger partial charge on any atom is 0.234 e. The summed E-state index contributed by atoms with van der Waals surface area (Å²) >= 11 is 0. The summed E-state index contributed by atoms with van der Waals surface area (Å²) in [4.78, 5) is 38.8. The van der Waals surface area contributed by atoms with Gasteiger partial charge in [0, 0.05) is 39.1 Å².